The van der Waals surface area contributed by atoms with Gasteiger partial charge in [-0.1, -0.05) is 11.6 Å². The number of aromatic nitrogens is 2. The topological polar surface area (TPSA) is 75.4 Å². The summed E-state index contributed by atoms with van der Waals surface area (Å²) in [6.45, 7) is 2.85. The van der Waals surface area contributed by atoms with Crippen molar-refractivity contribution in [3.63, 3.8) is 0 Å². The summed E-state index contributed by atoms with van der Waals surface area (Å²) in [6.07, 6.45) is 2.76. The van der Waals surface area contributed by atoms with Crippen LogP contribution >= 0.6 is 11.6 Å². The van der Waals surface area contributed by atoms with Crippen LogP contribution in [0.1, 0.15) is 36.6 Å². The predicted molar refractivity (Wildman–Crippen MR) is 81.7 cm³/mol. The second-order valence-corrected chi connectivity index (χ2v) is 8.13. The maximum absolute atomic E-state index is 11.6. The lowest BCUT2D eigenvalue weighted by Crippen LogP contribution is -2.39. The Labute approximate surface area is 130 Å². The third kappa shape index (κ3) is 3.77. The number of piperidine rings is 1. The van der Waals surface area contributed by atoms with Crippen LogP contribution in [0.15, 0.2) is 0 Å². The van der Waals surface area contributed by atoms with Gasteiger partial charge in [0.25, 0.3) is 0 Å². The normalized spacial score (nSPS) is 22.4. The summed E-state index contributed by atoms with van der Waals surface area (Å²) >= 11 is 6.16. The van der Waals surface area contributed by atoms with E-state index in [0.29, 0.717) is 35.9 Å². The Bertz CT molecular complexity index is 614. The molecule has 2 rings (SSSR count). The quantitative estimate of drug-likeness (QED) is 0.904. The number of aryl methyl sites for hydroxylation is 2. The van der Waals surface area contributed by atoms with Crippen LogP contribution in [0.25, 0.3) is 0 Å². The van der Waals surface area contributed by atoms with Crippen molar-refractivity contribution in [3.05, 3.63) is 16.4 Å². The van der Waals surface area contributed by atoms with Gasteiger partial charge in [0, 0.05) is 25.7 Å². The molecule has 1 aromatic heterocycles. The van der Waals surface area contributed by atoms with E-state index in [-0.39, 0.29) is 5.92 Å². The summed E-state index contributed by atoms with van der Waals surface area (Å²) in [6, 6.07) is 0. The predicted octanol–water partition coefficient (Wildman–Crippen LogP) is 1.48. The lowest BCUT2D eigenvalue weighted by Gasteiger charge is -2.32. The first-order valence-electron chi connectivity index (χ1n) is 7.02. The summed E-state index contributed by atoms with van der Waals surface area (Å²) in [7, 11) is -1.43. The SMILES string of the molecule is Cc1nn(C)c(Cl)c1C(O)CC1CCCN(S(C)(=O)=O)C1. The summed E-state index contributed by atoms with van der Waals surface area (Å²) in [5, 5.41) is 15.1. The van der Waals surface area contributed by atoms with E-state index in [0.717, 1.165) is 12.8 Å². The lowest BCUT2D eigenvalue weighted by atomic mass is 9.91. The van der Waals surface area contributed by atoms with Gasteiger partial charge in [0.15, 0.2) is 0 Å². The number of hydrogen-bond donors (Lipinski definition) is 1. The molecule has 1 fully saturated rings. The van der Waals surface area contributed by atoms with Gasteiger partial charge < -0.3 is 5.11 Å². The maximum Gasteiger partial charge on any atom is 0.211 e. The largest absolute Gasteiger partial charge is 0.388 e. The van der Waals surface area contributed by atoms with Gasteiger partial charge in [-0.3, -0.25) is 4.68 Å². The number of aliphatic hydroxyl groups excluding tert-OH is 1. The Balaban J connectivity index is 2.07. The maximum atomic E-state index is 11.6. The van der Waals surface area contributed by atoms with Crippen LogP contribution in [-0.2, 0) is 17.1 Å². The molecule has 0 aromatic carbocycles. The molecule has 1 aromatic rings. The Morgan fingerprint density at radius 2 is 2.19 bits per heavy atom. The van der Waals surface area contributed by atoms with Crippen LogP contribution in [0.4, 0.5) is 0 Å². The number of sulfonamides is 1. The Morgan fingerprint density at radius 3 is 2.71 bits per heavy atom. The second-order valence-electron chi connectivity index (χ2n) is 5.79. The highest BCUT2D eigenvalue weighted by molar-refractivity contribution is 7.88. The summed E-state index contributed by atoms with van der Waals surface area (Å²) in [5.41, 5.74) is 1.36. The first-order valence-corrected chi connectivity index (χ1v) is 9.25. The molecular weight excluding hydrogens is 314 g/mol. The fourth-order valence-corrected chi connectivity index (χ4v) is 4.22. The number of halogens is 1. The molecule has 0 aliphatic carbocycles. The minimum absolute atomic E-state index is 0.138. The first-order chi connectivity index (χ1) is 9.70. The van der Waals surface area contributed by atoms with Gasteiger partial charge in [-0.05, 0) is 32.1 Å². The standard InChI is InChI=1S/C13H22ClN3O3S/c1-9-12(13(14)16(2)15-9)11(18)7-10-5-4-6-17(8-10)21(3,19)20/h10-11,18H,4-8H2,1-3H3. The van der Waals surface area contributed by atoms with Gasteiger partial charge in [0.05, 0.1) is 18.1 Å². The van der Waals surface area contributed by atoms with Gasteiger partial charge in [-0.2, -0.15) is 5.10 Å². The second kappa shape index (κ2) is 6.24. The van der Waals surface area contributed by atoms with Crippen molar-refractivity contribution in [3.8, 4) is 0 Å². The summed E-state index contributed by atoms with van der Waals surface area (Å²) in [5.74, 6) is 0.138. The zero-order chi connectivity index (χ0) is 15.8. The zero-order valence-corrected chi connectivity index (χ0v) is 14.2. The smallest absolute Gasteiger partial charge is 0.211 e. The molecule has 8 heteroatoms. The monoisotopic (exact) mass is 335 g/mol. The molecular formula is C13H22ClN3O3S. The molecule has 1 aliphatic rings. The fourth-order valence-electron chi connectivity index (χ4n) is 2.98. The molecule has 21 heavy (non-hydrogen) atoms. The van der Waals surface area contributed by atoms with Crippen molar-refractivity contribution in [2.24, 2.45) is 13.0 Å². The Morgan fingerprint density at radius 1 is 1.52 bits per heavy atom. The van der Waals surface area contributed by atoms with Gasteiger partial charge in [0.2, 0.25) is 10.0 Å². The zero-order valence-electron chi connectivity index (χ0n) is 12.6. The third-order valence-corrected chi connectivity index (χ3v) is 5.75. The molecule has 2 heterocycles. The minimum Gasteiger partial charge on any atom is -0.388 e. The summed E-state index contributed by atoms with van der Waals surface area (Å²) < 4.78 is 26.3. The van der Waals surface area contributed by atoms with Crippen LogP contribution in [0.2, 0.25) is 5.15 Å². The van der Waals surface area contributed by atoms with E-state index in [9.17, 15) is 13.5 Å². The van der Waals surface area contributed by atoms with Gasteiger partial charge in [0.1, 0.15) is 5.15 Å². The van der Waals surface area contributed by atoms with Crippen LogP contribution in [0.3, 0.4) is 0 Å². The molecule has 2 atom stereocenters. The van der Waals surface area contributed by atoms with E-state index in [4.69, 9.17) is 11.6 Å². The van der Waals surface area contributed by atoms with Crippen molar-refractivity contribution >= 4 is 21.6 Å². The lowest BCUT2D eigenvalue weighted by molar-refractivity contribution is 0.122. The highest BCUT2D eigenvalue weighted by Gasteiger charge is 2.29. The molecule has 0 radical (unpaired) electrons. The molecule has 0 amide bonds. The van der Waals surface area contributed by atoms with Crippen LogP contribution in [0, 0.1) is 12.8 Å². The number of aliphatic hydroxyl groups is 1. The molecule has 1 saturated heterocycles. The van der Waals surface area contributed by atoms with Crippen molar-refractivity contribution in [2.75, 3.05) is 19.3 Å². The van der Waals surface area contributed by atoms with Crippen LogP contribution < -0.4 is 0 Å². The van der Waals surface area contributed by atoms with Crippen molar-refractivity contribution < 1.29 is 13.5 Å². The average molecular weight is 336 g/mol. The van der Waals surface area contributed by atoms with E-state index in [1.54, 1.807) is 11.7 Å². The molecule has 0 bridgehead atoms. The van der Waals surface area contributed by atoms with Crippen LogP contribution in [-0.4, -0.2) is 47.0 Å². The molecule has 2 unspecified atom stereocenters. The Hall–Kier alpha value is -0.630. The van der Waals surface area contributed by atoms with Crippen molar-refractivity contribution in [1.82, 2.24) is 14.1 Å². The molecule has 120 valence electrons. The fraction of sp³-hybridized carbons (Fsp3) is 0.769. The van der Waals surface area contributed by atoms with Crippen molar-refractivity contribution in [1.29, 1.82) is 0 Å². The van der Waals surface area contributed by atoms with Gasteiger partial charge >= 0.3 is 0 Å². The Kier molecular flexibility index (Phi) is 4.97. The molecule has 1 aliphatic heterocycles. The first kappa shape index (κ1) is 16.7. The van der Waals surface area contributed by atoms with E-state index in [2.05, 4.69) is 5.10 Å². The van der Waals surface area contributed by atoms with Gasteiger partial charge in [-0.15, -0.1) is 0 Å². The number of rotatable bonds is 4. The third-order valence-electron chi connectivity index (χ3n) is 4.04. The number of hydrogen-bond acceptors (Lipinski definition) is 4. The molecule has 0 spiro atoms. The van der Waals surface area contributed by atoms with Gasteiger partial charge in [-0.25, -0.2) is 12.7 Å². The highest BCUT2D eigenvalue weighted by Crippen LogP contribution is 2.33. The molecule has 6 nitrogen and oxygen atoms in total. The summed E-state index contributed by atoms with van der Waals surface area (Å²) in [4.78, 5) is 0. The van der Waals surface area contributed by atoms with E-state index >= 15 is 0 Å². The highest BCUT2D eigenvalue weighted by atomic mass is 35.5. The van der Waals surface area contributed by atoms with E-state index < -0.39 is 16.1 Å². The van der Waals surface area contributed by atoms with Crippen molar-refractivity contribution in [2.45, 2.75) is 32.3 Å². The van der Waals surface area contributed by atoms with Crippen LogP contribution in [0.5, 0.6) is 0 Å². The number of nitrogens with zero attached hydrogens (tertiary/aromatic N) is 3. The molecule has 1 N–H and O–H groups in total. The van der Waals surface area contributed by atoms with E-state index in [1.807, 2.05) is 6.92 Å². The average Bonchev–Trinajstić information content (AvgIpc) is 2.62. The minimum atomic E-state index is -3.16. The van der Waals surface area contributed by atoms with E-state index in [1.165, 1.54) is 10.6 Å². The molecule has 0 saturated carbocycles.